The van der Waals surface area contributed by atoms with Crippen molar-refractivity contribution in [2.24, 2.45) is 0 Å². The molecule has 2 amide bonds. The van der Waals surface area contributed by atoms with Crippen molar-refractivity contribution in [1.29, 1.82) is 0 Å². The summed E-state index contributed by atoms with van der Waals surface area (Å²) in [5.74, 6) is -0.759. The standard InChI is InChI=1S/C22H28N2O5/c1-16(15-29-2)24(20(26)13-23-22(27)28)14-19(25)21(17-9-5-3-6-10-17)18-11-7-4-8-12-18/h3-12,16,19,21,23,25H,13-15H2,1-2H3,(H,27,28). The Hall–Kier alpha value is -2.90. The van der Waals surface area contributed by atoms with E-state index in [1.165, 1.54) is 12.0 Å². The molecule has 0 aliphatic heterocycles. The van der Waals surface area contributed by atoms with E-state index >= 15 is 0 Å². The highest BCUT2D eigenvalue weighted by molar-refractivity contribution is 5.82. The molecular formula is C22H28N2O5. The molecule has 156 valence electrons. The molecule has 7 heteroatoms. The molecule has 0 heterocycles. The molecule has 0 bridgehead atoms. The molecule has 2 rings (SSSR count). The van der Waals surface area contributed by atoms with Crippen molar-refractivity contribution < 1.29 is 24.5 Å². The van der Waals surface area contributed by atoms with E-state index in [4.69, 9.17) is 9.84 Å². The summed E-state index contributed by atoms with van der Waals surface area (Å²) in [6.45, 7) is 1.75. The third kappa shape index (κ3) is 6.58. The molecule has 29 heavy (non-hydrogen) atoms. The molecule has 0 radical (unpaired) electrons. The molecule has 0 spiro atoms. The first-order chi connectivity index (χ1) is 13.9. The van der Waals surface area contributed by atoms with Gasteiger partial charge in [0.1, 0.15) is 6.54 Å². The Bertz CT molecular complexity index is 730. The fraction of sp³-hybridized carbons (Fsp3) is 0.364. The van der Waals surface area contributed by atoms with Gasteiger partial charge in [-0.1, -0.05) is 60.7 Å². The number of benzene rings is 2. The predicted molar refractivity (Wildman–Crippen MR) is 110 cm³/mol. The Morgan fingerprint density at radius 1 is 1.03 bits per heavy atom. The second kappa shape index (κ2) is 11.2. The molecule has 2 aromatic carbocycles. The molecule has 0 aliphatic carbocycles. The normalized spacial score (nSPS) is 13.0. The lowest BCUT2D eigenvalue weighted by Gasteiger charge is -2.34. The Morgan fingerprint density at radius 3 is 2.00 bits per heavy atom. The molecular weight excluding hydrogens is 372 g/mol. The Labute approximate surface area is 170 Å². The minimum Gasteiger partial charge on any atom is -0.465 e. The van der Waals surface area contributed by atoms with Crippen LogP contribution in [0.15, 0.2) is 60.7 Å². The first-order valence-corrected chi connectivity index (χ1v) is 9.47. The van der Waals surface area contributed by atoms with Gasteiger partial charge in [-0.25, -0.2) is 4.79 Å². The first-order valence-electron chi connectivity index (χ1n) is 9.47. The number of carbonyl (C=O) groups excluding carboxylic acids is 1. The van der Waals surface area contributed by atoms with E-state index < -0.39 is 18.1 Å². The molecule has 7 nitrogen and oxygen atoms in total. The number of carboxylic acid groups (broad SMARTS) is 1. The third-order valence-electron chi connectivity index (χ3n) is 4.74. The first kappa shape index (κ1) is 22.4. The van der Waals surface area contributed by atoms with Gasteiger partial charge in [-0.2, -0.15) is 0 Å². The molecule has 0 aromatic heterocycles. The van der Waals surface area contributed by atoms with Gasteiger partial charge in [0, 0.05) is 19.6 Å². The fourth-order valence-corrected chi connectivity index (χ4v) is 3.38. The number of hydrogen-bond acceptors (Lipinski definition) is 4. The lowest BCUT2D eigenvalue weighted by molar-refractivity contribution is -0.135. The van der Waals surface area contributed by atoms with Crippen LogP contribution in [0.5, 0.6) is 0 Å². The van der Waals surface area contributed by atoms with Crippen LogP contribution in [-0.4, -0.2) is 66.1 Å². The quantitative estimate of drug-likeness (QED) is 0.568. The van der Waals surface area contributed by atoms with Gasteiger partial charge in [0.25, 0.3) is 0 Å². The van der Waals surface area contributed by atoms with E-state index in [9.17, 15) is 14.7 Å². The highest BCUT2D eigenvalue weighted by Crippen LogP contribution is 2.29. The van der Waals surface area contributed by atoms with Crippen molar-refractivity contribution in [2.45, 2.75) is 25.0 Å². The van der Waals surface area contributed by atoms with Crippen molar-refractivity contribution in [1.82, 2.24) is 10.2 Å². The van der Waals surface area contributed by atoms with Gasteiger partial charge in [-0.05, 0) is 18.1 Å². The lowest BCUT2D eigenvalue weighted by Crippen LogP contribution is -2.50. The number of aliphatic hydroxyl groups excluding tert-OH is 1. The highest BCUT2D eigenvalue weighted by Gasteiger charge is 2.29. The highest BCUT2D eigenvalue weighted by atomic mass is 16.5. The summed E-state index contributed by atoms with van der Waals surface area (Å²) in [5, 5.41) is 22.0. The SMILES string of the molecule is COCC(C)N(CC(O)C(c1ccccc1)c1ccccc1)C(=O)CNC(=O)O. The molecule has 0 fully saturated rings. The van der Waals surface area contributed by atoms with Crippen molar-refractivity contribution in [3.05, 3.63) is 71.8 Å². The van der Waals surface area contributed by atoms with Crippen molar-refractivity contribution in [3.63, 3.8) is 0 Å². The topological polar surface area (TPSA) is 99.1 Å². The summed E-state index contributed by atoms with van der Waals surface area (Å²) < 4.78 is 5.16. The number of rotatable bonds is 10. The number of aliphatic hydroxyl groups is 1. The Kier molecular flexibility index (Phi) is 8.64. The number of ether oxygens (including phenoxy) is 1. The number of amides is 2. The van der Waals surface area contributed by atoms with Crippen LogP contribution in [-0.2, 0) is 9.53 Å². The minimum absolute atomic E-state index is 0.0408. The number of methoxy groups -OCH3 is 1. The average molecular weight is 400 g/mol. The monoisotopic (exact) mass is 400 g/mol. The van der Waals surface area contributed by atoms with E-state index in [2.05, 4.69) is 5.32 Å². The van der Waals surface area contributed by atoms with Gasteiger partial charge < -0.3 is 25.2 Å². The maximum Gasteiger partial charge on any atom is 0.405 e. The van der Waals surface area contributed by atoms with Crippen LogP contribution in [0.2, 0.25) is 0 Å². The zero-order valence-corrected chi connectivity index (χ0v) is 16.7. The third-order valence-corrected chi connectivity index (χ3v) is 4.74. The van der Waals surface area contributed by atoms with Gasteiger partial charge in [0.15, 0.2) is 0 Å². The van der Waals surface area contributed by atoms with Crippen molar-refractivity contribution in [3.8, 4) is 0 Å². The number of nitrogens with one attached hydrogen (secondary N) is 1. The zero-order valence-electron chi connectivity index (χ0n) is 16.7. The van der Waals surface area contributed by atoms with Crippen LogP contribution >= 0.6 is 0 Å². The molecule has 0 saturated carbocycles. The average Bonchev–Trinajstić information content (AvgIpc) is 2.72. The van der Waals surface area contributed by atoms with Crippen LogP contribution in [0.1, 0.15) is 24.0 Å². The van der Waals surface area contributed by atoms with Gasteiger partial charge >= 0.3 is 6.09 Å². The largest absolute Gasteiger partial charge is 0.465 e. The summed E-state index contributed by atoms with van der Waals surface area (Å²) in [7, 11) is 1.53. The van der Waals surface area contributed by atoms with Crippen LogP contribution in [0.3, 0.4) is 0 Å². The molecule has 2 aromatic rings. The van der Waals surface area contributed by atoms with Crippen LogP contribution < -0.4 is 5.32 Å². The van der Waals surface area contributed by atoms with Crippen LogP contribution in [0.25, 0.3) is 0 Å². The molecule has 0 saturated heterocycles. The summed E-state index contributed by atoms with van der Waals surface area (Å²) in [4.78, 5) is 24.9. The van der Waals surface area contributed by atoms with Gasteiger partial charge in [0.2, 0.25) is 5.91 Å². The Balaban J connectivity index is 2.28. The zero-order chi connectivity index (χ0) is 21.2. The lowest BCUT2D eigenvalue weighted by atomic mass is 9.86. The Morgan fingerprint density at radius 2 is 1.55 bits per heavy atom. The second-order valence-corrected chi connectivity index (χ2v) is 6.88. The fourth-order valence-electron chi connectivity index (χ4n) is 3.38. The van der Waals surface area contributed by atoms with Crippen molar-refractivity contribution >= 4 is 12.0 Å². The number of nitrogens with zero attached hydrogens (tertiary/aromatic N) is 1. The van der Waals surface area contributed by atoms with Crippen LogP contribution in [0, 0.1) is 0 Å². The minimum atomic E-state index is -1.27. The summed E-state index contributed by atoms with van der Waals surface area (Å²) >= 11 is 0. The molecule has 2 atom stereocenters. The van der Waals surface area contributed by atoms with Gasteiger partial charge in [-0.3, -0.25) is 4.79 Å². The number of carbonyl (C=O) groups is 2. The van der Waals surface area contributed by atoms with E-state index in [0.29, 0.717) is 0 Å². The summed E-state index contributed by atoms with van der Waals surface area (Å²) in [5.41, 5.74) is 1.86. The second-order valence-electron chi connectivity index (χ2n) is 6.88. The number of hydrogen-bond donors (Lipinski definition) is 3. The maximum absolute atomic E-state index is 12.6. The van der Waals surface area contributed by atoms with Gasteiger partial charge in [0.05, 0.1) is 18.8 Å². The molecule has 3 N–H and O–H groups in total. The van der Waals surface area contributed by atoms with E-state index in [1.807, 2.05) is 60.7 Å². The van der Waals surface area contributed by atoms with E-state index in [1.54, 1.807) is 6.92 Å². The van der Waals surface area contributed by atoms with Gasteiger partial charge in [-0.15, -0.1) is 0 Å². The van der Waals surface area contributed by atoms with Crippen LogP contribution in [0.4, 0.5) is 4.79 Å². The maximum atomic E-state index is 12.6. The van der Waals surface area contributed by atoms with E-state index in [-0.39, 0.29) is 31.7 Å². The smallest absolute Gasteiger partial charge is 0.405 e. The molecule has 0 aliphatic rings. The molecule has 2 unspecified atom stereocenters. The van der Waals surface area contributed by atoms with E-state index in [0.717, 1.165) is 11.1 Å². The van der Waals surface area contributed by atoms with Crippen molar-refractivity contribution in [2.75, 3.05) is 26.8 Å². The predicted octanol–water partition coefficient (Wildman–Crippen LogP) is 2.31. The summed E-state index contributed by atoms with van der Waals surface area (Å²) in [6.07, 6.45) is -2.17. The summed E-state index contributed by atoms with van der Waals surface area (Å²) in [6, 6.07) is 18.9.